The van der Waals surface area contributed by atoms with Crippen molar-refractivity contribution in [1.82, 2.24) is 9.80 Å². The van der Waals surface area contributed by atoms with Gasteiger partial charge in [-0.1, -0.05) is 18.2 Å². The molecular weight excluding hydrogens is 347 g/mol. The predicted molar refractivity (Wildman–Crippen MR) is 103 cm³/mol. The summed E-state index contributed by atoms with van der Waals surface area (Å²) in [5, 5.41) is 0. The molecule has 27 heavy (non-hydrogen) atoms. The third kappa shape index (κ3) is 5.94. The topological polar surface area (TPSA) is 49.9 Å². The van der Waals surface area contributed by atoms with Gasteiger partial charge < -0.3 is 14.5 Å². The van der Waals surface area contributed by atoms with E-state index in [0.29, 0.717) is 18.7 Å². The van der Waals surface area contributed by atoms with Crippen molar-refractivity contribution in [3.05, 3.63) is 35.6 Å². The fourth-order valence-corrected chi connectivity index (χ4v) is 3.23. The number of halogens is 1. The second-order valence-electron chi connectivity index (χ2n) is 8.42. The summed E-state index contributed by atoms with van der Waals surface area (Å²) in [5.74, 6) is -0.642. The van der Waals surface area contributed by atoms with E-state index in [-0.39, 0.29) is 36.3 Å². The van der Waals surface area contributed by atoms with Gasteiger partial charge in [0.1, 0.15) is 11.4 Å². The molecule has 2 rings (SSSR count). The van der Waals surface area contributed by atoms with Crippen LogP contribution in [0.4, 0.5) is 9.18 Å². The summed E-state index contributed by atoms with van der Waals surface area (Å²) in [7, 11) is 0. The number of ether oxygens (including phenoxy) is 1. The number of benzene rings is 1. The molecule has 5 nitrogen and oxygen atoms in total. The van der Waals surface area contributed by atoms with Gasteiger partial charge in [0.05, 0.1) is 5.92 Å². The van der Waals surface area contributed by atoms with Crippen LogP contribution in [-0.4, -0.2) is 46.5 Å². The minimum atomic E-state index is -0.567. The summed E-state index contributed by atoms with van der Waals surface area (Å²) in [6.45, 7) is 10.5. The summed E-state index contributed by atoms with van der Waals surface area (Å²) < 4.78 is 19.5. The van der Waals surface area contributed by atoms with E-state index in [2.05, 4.69) is 0 Å². The fraction of sp³-hybridized carbons (Fsp3) is 0.619. The van der Waals surface area contributed by atoms with Crippen LogP contribution in [0, 0.1) is 11.7 Å². The Bertz CT molecular complexity index is 670. The molecule has 1 atom stereocenters. The lowest BCUT2D eigenvalue weighted by Crippen LogP contribution is -2.49. The molecule has 0 aliphatic carbocycles. The SMILES string of the molecule is CC(C)N(Cc1ccccc1F)C(=O)[C@H]1CCCN(C(=O)OC(C)(C)C)C1. The first-order valence-corrected chi connectivity index (χ1v) is 9.60. The second-order valence-corrected chi connectivity index (χ2v) is 8.42. The third-order valence-corrected chi connectivity index (χ3v) is 4.63. The molecule has 0 unspecified atom stereocenters. The van der Waals surface area contributed by atoms with E-state index in [1.165, 1.54) is 6.07 Å². The van der Waals surface area contributed by atoms with Crippen molar-refractivity contribution >= 4 is 12.0 Å². The molecule has 1 fully saturated rings. The van der Waals surface area contributed by atoms with Crippen LogP contribution in [0.25, 0.3) is 0 Å². The van der Waals surface area contributed by atoms with Gasteiger partial charge in [-0.25, -0.2) is 9.18 Å². The minimum Gasteiger partial charge on any atom is -0.444 e. The molecular formula is C21H31FN2O3. The highest BCUT2D eigenvalue weighted by molar-refractivity contribution is 5.80. The standard InChI is InChI=1S/C21H31FN2O3/c1-15(2)24(14-16-9-6-7-11-18(16)22)19(25)17-10-8-12-23(13-17)20(26)27-21(3,4)5/h6-7,9,11,15,17H,8,10,12-14H2,1-5H3/t17-/m0/s1. The zero-order chi connectivity index (χ0) is 20.2. The number of carbonyl (C=O) groups excluding carboxylic acids is 2. The maximum absolute atomic E-state index is 14.0. The number of likely N-dealkylation sites (tertiary alicyclic amines) is 1. The first-order chi connectivity index (χ1) is 12.6. The third-order valence-electron chi connectivity index (χ3n) is 4.63. The average molecular weight is 378 g/mol. The molecule has 1 aromatic rings. The van der Waals surface area contributed by atoms with Crippen LogP contribution in [0.15, 0.2) is 24.3 Å². The highest BCUT2D eigenvalue weighted by Gasteiger charge is 2.34. The number of hydrogen-bond acceptors (Lipinski definition) is 3. The number of rotatable bonds is 4. The van der Waals surface area contributed by atoms with Gasteiger partial charge in [0.2, 0.25) is 5.91 Å². The molecule has 0 spiro atoms. The molecule has 150 valence electrons. The number of hydrogen-bond donors (Lipinski definition) is 0. The lowest BCUT2D eigenvalue weighted by atomic mass is 9.96. The first-order valence-electron chi connectivity index (χ1n) is 9.60. The van der Waals surface area contributed by atoms with Crippen LogP contribution in [0.2, 0.25) is 0 Å². The zero-order valence-electron chi connectivity index (χ0n) is 17.0. The molecule has 2 amide bonds. The maximum atomic E-state index is 14.0. The van der Waals surface area contributed by atoms with Gasteiger partial charge in [-0.2, -0.15) is 0 Å². The lowest BCUT2D eigenvalue weighted by molar-refractivity contribution is -0.139. The van der Waals surface area contributed by atoms with Crippen LogP contribution in [0.1, 0.15) is 53.0 Å². The van der Waals surface area contributed by atoms with E-state index in [4.69, 9.17) is 4.74 Å². The largest absolute Gasteiger partial charge is 0.444 e. The van der Waals surface area contributed by atoms with Crippen molar-refractivity contribution in [2.24, 2.45) is 5.92 Å². The van der Waals surface area contributed by atoms with Crippen LogP contribution < -0.4 is 0 Å². The number of piperidine rings is 1. The van der Waals surface area contributed by atoms with Crippen molar-refractivity contribution in [2.75, 3.05) is 13.1 Å². The van der Waals surface area contributed by atoms with Crippen LogP contribution in [0.5, 0.6) is 0 Å². The molecule has 0 saturated carbocycles. The Morgan fingerprint density at radius 3 is 2.56 bits per heavy atom. The monoisotopic (exact) mass is 378 g/mol. The van der Waals surface area contributed by atoms with Crippen LogP contribution in [-0.2, 0) is 16.1 Å². The van der Waals surface area contributed by atoms with Crippen LogP contribution >= 0.6 is 0 Å². The van der Waals surface area contributed by atoms with Gasteiger partial charge in [0.25, 0.3) is 0 Å². The Kier molecular flexibility index (Phi) is 6.84. The first kappa shape index (κ1) is 21.2. The van der Waals surface area contributed by atoms with Gasteiger partial charge in [0.15, 0.2) is 0 Å². The predicted octanol–water partition coefficient (Wildman–Crippen LogP) is 4.21. The maximum Gasteiger partial charge on any atom is 0.410 e. The van der Waals surface area contributed by atoms with E-state index < -0.39 is 5.60 Å². The molecule has 0 bridgehead atoms. The van der Waals surface area contributed by atoms with Gasteiger partial charge in [0, 0.05) is 31.2 Å². The van der Waals surface area contributed by atoms with E-state index in [1.54, 1.807) is 28.0 Å². The Labute approximate surface area is 161 Å². The molecule has 1 heterocycles. The number of carbonyl (C=O) groups is 2. The lowest BCUT2D eigenvalue weighted by Gasteiger charge is -2.37. The van der Waals surface area contributed by atoms with E-state index in [9.17, 15) is 14.0 Å². The van der Waals surface area contributed by atoms with E-state index >= 15 is 0 Å². The van der Waals surface area contributed by atoms with Crippen LogP contribution in [0.3, 0.4) is 0 Å². The summed E-state index contributed by atoms with van der Waals surface area (Å²) in [5.41, 5.74) is -0.0672. The van der Waals surface area contributed by atoms with Crippen molar-refractivity contribution in [2.45, 2.75) is 65.6 Å². The Morgan fingerprint density at radius 2 is 1.96 bits per heavy atom. The Hall–Kier alpha value is -2.11. The van der Waals surface area contributed by atoms with Gasteiger partial charge in [-0.3, -0.25) is 4.79 Å². The molecule has 0 N–H and O–H groups in total. The number of nitrogens with zero attached hydrogens (tertiary/aromatic N) is 2. The normalized spacial score (nSPS) is 17.7. The Morgan fingerprint density at radius 1 is 1.30 bits per heavy atom. The highest BCUT2D eigenvalue weighted by atomic mass is 19.1. The molecule has 6 heteroatoms. The highest BCUT2D eigenvalue weighted by Crippen LogP contribution is 2.23. The number of amides is 2. The summed E-state index contributed by atoms with van der Waals surface area (Å²) in [6, 6.07) is 6.45. The van der Waals surface area contributed by atoms with Gasteiger partial charge in [-0.05, 0) is 53.5 Å². The molecule has 1 aliphatic rings. The van der Waals surface area contributed by atoms with Crippen molar-refractivity contribution in [1.29, 1.82) is 0 Å². The van der Waals surface area contributed by atoms with Crippen molar-refractivity contribution in [3.63, 3.8) is 0 Å². The smallest absolute Gasteiger partial charge is 0.410 e. The molecule has 1 aromatic carbocycles. The minimum absolute atomic E-state index is 0.0403. The summed E-state index contributed by atoms with van der Waals surface area (Å²) >= 11 is 0. The molecule has 1 aliphatic heterocycles. The summed E-state index contributed by atoms with van der Waals surface area (Å²) in [4.78, 5) is 28.8. The average Bonchev–Trinajstić information content (AvgIpc) is 2.59. The Balaban J connectivity index is 2.08. The van der Waals surface area contributed by atoms with Crippen molar-refractivity contribution < 1.29 is 18.7 Å². The second kappa shape index (κ2) is 8.72. The van der Waals surface area contributed by atoms with Gasteiger partial charge in [-0.15, -0.1) is 0 Å². The van der Waals surface area contributed by atoms with Gasteiger partial charge >= 0.3 is 6.09 Å². The summed E-state index contributed by atoms with van der Waals surface area (Å²) in [6.07, 6.45) is 1.09. The van der Waals surface area contributed by atoms with E-state index in [0.717, 1.165) is 12.8 Å². The molecule has 0 aromatic heterocycles. The zero-order valence-corrected chi connectivity index (χ0v) is 17.0. The van der Waals surface area contributed by atoms with Crippen molar-refractivity contribution in [3.8, 4) is 0 Å². The fourth-order valence-electron chi connectivity index (χ4n) is 3.23. The van der Waals surface area contributed by atoms with E-state index in [1.807, 2.05) is 34.6 Å². The quantitative estimate of drug-likeness (QED) is 0.789. The molecule has 1 saturated heterocycles. The molecule has 0 radical (unpaired) electrons.